The molecule has 3 N–H and O–H groups in total. The highest BCUT2D eigenvalue weighted by Gasteiger charge is 2.35. The second kappa shape index (κ2) is 16.5. The molecule has 0 aliphatic heterocycles. The Labute approximate surface area is 264 Å². The van der Waals surface area contributed by atoms with Gasteiger partial charge in [0, 0.05) is 12.1 Å². The van der Waals surface area contributed by atoms with Crippen LogP contribution in [-0.2, 0) is 14.3 Å². The predicted molar refractivity (Wildman–Crippen MR) is 181 cm³/mol. The van der Waals surface area contributed by atoms with Crippen LogP contribution < -0.4 is 31.9 Å². The number of ether oxygens (including phenoxy) is 1. The summed E-state index contributed by atoms with van der Waals surface area (Å²) in [5.74, 6) is -1.24. The highest BCUT2D eigenvalue weighted by atomic mass is 31.1. The second-order valence-electron chi connectivity index (χ2n) is 12.3. The van der Waals surface area contributed by atoms with Gasteiger partial charge in [-0.05, 0) is 69.9 Å². The van der Waals surface area contributed by atoms with Crippen molar-refractivity contribution >= 4 is 41.6 Å². The molecule has 7 nitrogen and oxygen atoms in total. The van der Waals surface area contributed by atoms with Gasteiger partial charge in [-0.3, -0.25) is 14.4 Å². The molecule has 3 aromatic carbocycles. The van der Waals surface area contributed by atoms with Crippen molar-refractivity contribution in [3.05, 3.63) is 90.5 Å². The lowest BCUT2D eigenvalue weighted by Gasteiger charge is -2.32. The molecule has 0 spiro atoms. The molecule has 0 bridgehead atoms. The van der Waals surface area contributed by atoms with Crippen molar-refractivity contribution in [2.75, 3.05) is 6.54 Å². The number of carbonyl (C=O) groups is 3. The van der Waals surface area contributed by atoms with Crippen LogP contribution in [0.4, 0.5) is 0 Å². The average molecular weight is 618 g/mol. The first-order valence-electron chi connectivity index (χ1n) is 15.5. The van der Waals surface area contributed by atoms with Crippen molar-refractivity contribution in [2.45, 2.75) is 85.1 Å². The Morgan fingerprint density at radius 3 is 1.82 bits per heavy atom. The molecule has 3 rings (SSSR count). The Bertz CT molecular complexity index is 1320. The van der Waals surface area contributed by atoms with Gasteiger partial charge in [-0.1, -0.05) is 106 Å². The van der Waals surface area contributed by atoms with E-state index in [0.717, 1.165) is 28.8 Å². The van der Waals surface area contributed by atoms with E-state index in [9.17, 15) is 14.4 Å². The number of hydrogen-bond acceptors (Lipinski definition) is 4. The number of unbranched alkanes of at least 4 members (excludes halogenated alkanes) is 1. The summed E-state index contributed by atoms with van der Waals surface area (Å²) < 4.78 is 6.18. The van der Waals surface area contributed by atoms with Gasteiger partial charge in [0.05, 0.1) is 11.7 Å². The van der Waals surface area contributed by atoms with Crippen LogP contribution in [0.1, 0.15) is 71.7 Å². The molecule has 3 amide bonds. The van der Waals surface area contributed by atoms with Crippen molar-refractivity contribution < 1.29 is 19.1 Å². The smallest absolute Gasteiger partial charge is 0.252 e. The molecule has 0 radical (unpaired) electrons. The van der Waals surface area contributed by atoms with Crippen LogP contribution in [0.3, 0.4) is 0 Å². The summed E-state index contributed by atoms with van der Waals surface area (Å²) in [5.41, 5.74) is -0.0744. The van der Waals surface area contributed by atoms with Crippen LogP contribution in [0.15, 0.2) is 84.9 Å². The molecule has 0 fully saturated rings. The molecule has 44 heavy (non-hydrogen) atoms. The molecule has 0 heterocycles. The summed E-state index contributed by atoms with van der Waals surface area (Å²) in [6.45, 7) is 13.9. The Kier molecular flexibility index (Phi) is 13.1. The molecule has 0 aliphatic carbocycles. The summed E-state index contributed by atoms with van der Waals surface area (Å²) in [4.78, 5) is 41.0. The maximum absolute atomic E-state index is 14.1. The van der Waals surface area contributed by atoms with Crippen molar-refractivity contribution in [1.29, 1.82) is 0 Å². The molecule has 0 unspecified atom stereocenters. The molecule has 0 aliphatic rings. The van der Waals surface area contributed by atoms with E-state index >= 15 is 0 Å². The first kappa shape index (κ1) is 34.9. The normalized spacial score (nSPS) is 13.7. The average Bonchev–Trinajstić information content (AvgIpc) is 2.99. The largest absolute Gasteiger partial charge is 0.370 e. The summed E-state index contributed by atoms with van der Waals surface area (Å²) in [6, 6.07) is 26.1. The molecule has 0 saturated heterocycles. The van der Waals surface area contributed by atoms with Gasteiger partial charge in [0.1, 0.15) is 12.1 Å². The predicted octanol–water partition coefficient (Wildman–Crippen LogP) is 4.80. The van der Waals surface area contributed by atoms with Crippen LogP contribution in [-0.4, -0.2) is 48.1 Å². The number of rotatable bonds is 14. The first-order chi connectivity index (χ1) is 20.9. The maximum atomic E-state index is 14.1. The lowest BCUT2D eigenvalue weighted by molar-refractivity contribution is -0.135. The van der Waals surface area contributed by atoms with Gasteiger partial charge in [-0.25, -0.2) is 0 Å². The summed E-state index contributed by atoms with van der Waals surface area (Å²) in [6.07, 6.45) is 1.13. The molecule has 0 aromatic heterocycles. The van der Waals surface area contributed by atoms with Gasteiger partial charge < -0.3 is 20.7 Å². The van der Waals surface area contributed by atoms with Crippen molar-refractivity contribution in [2.24, 2.45) is 5.92 Å². The van der Waals surface area contributed by atoms with Gasteiger partial charge in [-0.2, -0.15) is 0 Å². The third kappa shape index (κ3) is 10.0. The fourth-order valence-corrected chi connectivity index (χ4v) is 7.41. The minimum atomic E-state index is -1.06. The zero-order valence-corrected chi connectivity index (χ0v) is 28.0. The van der Waals surface area contributed by atoms with Gasteiger partial charge in [0.15, 0.2) is 0 Å². The summed E-state index contributed by atoms with van der Waals surface area (Å²) >= 11 is 0. The SMILES string of the molecule is CCCCNC(=O)[C@H](NC(=O)[C@@H](NC(=O)c1ccccc1P(c1ccccc1)c1ccccc1)[C@@H](C)OC(C)(C)C)C(C)C. The van der Waals surface area contributed by atoms with E-state index in [4.69, 9.17) is 4.74 Å². The van der Waals surface area contributed by atoms with E-state index < -0.39 is 37.6 Å². The third-order valence-corrected chi connectivity index (χ3v) is 9.57. The van der Waals surface area contributed by atoms with E-state index in [0.29, 0.717) is 12.1 Å². The second-order valence-corrected chi connectivity index (χ2v) is 14.5. The Morgan fingerprint density at radius 2 is 1.30 bits per heavy atom. The number of amides is 3. The highest BCUT2D eigenvalue weighted by molar-refractivity contribution is 7.80. The highest BCUT2D eigenvalue weighted by Crippen LogP contribution is 2.34. The lowest BCUT2D eigenvalue weighted by atomic mass is 10.0. The fraction of sp³-hybridized carbons (Fsp3) is 0.417. The van der Waals surface area contributed by atoms with Crippen molar-refractivity contribution in [3.63, 3.8) is 0 Å². The number of benzene rings is 3. The maximum Gasteiger partial charge on any atom is 0.252 e. The zero-order chi connectivity index (χ0) is 32.3. The van der Waals surface area contributed by atoms with Crippen molar-refractivity contribution in [1.82, 2.24) is 16.0 Å². The van der Waals surface area contributed by atoms with E-state index in [1.54, 1.807) is 13.0 Å². The number of carbonyl (C=O) groups excluding carboxylic acids is 3. The molecule has 3 aromatic rings. The topological polar surface area (TPSA) is 96.5 Å². The number of nitrogens with one attached hydrogen (secondary N) is 3. The van der Waals surface area contributed by atoms with Crippen molar-refractivity contribution in [3.8, 4) is 0 Å². The van der Waals surface area contributed by atoms with Crippen LogP contribution in [0, 0.1) is 5.92 Å². The monoisotopic (exact) mass is 617 g/mol. The van der Waals surface area contributed by atoms with Gasteiger partial charge in [-0.15, -0.1) is 0 Å². The van der Waals surface area contributed by atoms with Crippen LogP contribution >= 0.6 is 7.92 Å². The van der Waals surface area contributed by atoms with Gasteiger partial charge in [0.25, 0.3) is 5.91 Å². The quantitative estimate of drug-likeness (QED) is 0.179. The first-order valence-corrected chi connectivity index (χ1v) is 16.8. The van der Waals surface area contributed by atoms with E-state index in [1.807, 2.05) is 89.2 Å². The summed E-state index contributed by atoms with van der Waals surface area (Å²) in [7, 11) is -1.06. The van der Waals surface area contributed by atoms with Crippen LogP contribution in [0.5, 0.6) is 0 Å². The standard InChI is InChI=1S/C36H48N3O4P/c1-8-9-24-37-34(41)31(25(2)3)38-35(42)32(26(4)43-36(5,6)7)39-33(40)29-22-16-17-23-30(29)44(27-18-12-10-13-19-27)28-20-14-11-15-21-28/h10-23,25-26,31-32H,8-9,24H2,1-7H3,(H,37,41)(H,38,42)(H,39,40)/t26-,31-,32+/m1/s1. The molecule has 3 atom stereocenters. The third-order valence-electron chi connectivity index (χ3n) is 7.07. The molecule has 236 valence electrons. The van der Waals surface area contributed by atoms with E-state index in [-0.39, 0.29) is 17.7 Å². The fourth-order valence-electron chi connectivity index (χ4n) is 4.96. The van der Waals surface area contributed by atoms with E-state index in [1.165, 1.54) is 0 Å². The molecular formula is C36H48N3O4P. The van der Waals surface area contributed by atoms with Gasteiger partial charge in [0.2, 0.25) is 11.8 Å². The zero-order valence-electron chi connectivity index (χ0n) is 27.1. The Hall–Kier alpha value is -3.54. The number of hydrogen-bond donors (Lipinski definition) is 3. The Morgan fingerprint density at radius 1 is 0.750 bits per heavy atom. The molecule has 8 heteroatoms. The molecule has 0 saturated carbocycles. The molecular weight excluding hydrogens is 569 g/mol. The van der Waals surface area contributed by atoms with Crippen LogP contribution in [0.2, 0.25) is 0 Å². The van der Waals surface area contributed by atoms with Gasteiger partial charge >= 0.3 is 0 Å². The lowest BCUT2D eigenvalue weighted by Crippen LogP contribution is -2.59. The van der Waals surface area contributed by atoms with Crippen LogP contribution in [0.25, 0.3) is 0 Å². The Balaban J connectivity index is 1.97. The van der Waals surface area contributed by atoms with E-state index in [2.05, 4.69) is 47.1 Å². The minimum absolute atomic E-state index is 0.156. The minimum Gasteiger partial charge on any atom is -0.370 e. The summed E-state index contributed by atoms with van der Waals surface area (Å²) in [5, 5.41) is 11.9.